The molecule has 0 saturated carbocycles. The highest BCUT2D eigenvalue weighted by Crippen LogP contribution is 2.35. The quantitative estimate of drug-likeness (QED) is 0.388. The fourth-order valence-electron chi connectivity index (χ4n) is 3.27. The van der Waals surface area contributed by atoms with Crippen molar-refractivity contribution in [2.24, 2.45) is 0 Å². The summed E-state index contributed by atoms with van der Waals surface area (Å²) >= 11 is 6.11. The third-order valence-electron chi connectivity index (χ3n) is 4.56. The number of fused-ring (bicyclic) bond motifs is 1. The highest BCUT2D eigenvalue weighted by molar-refractivity contribution is 6.29. The zero-order chi connectivity index (χ0) is 22.2. The second-order valence-corrected chi connectivity index (χ2v) is 8.30. The van der Waals surface area contributed by atoms with E-state index in [9.17, 15) is 4.79 Å². The zero-order valence-corrected chi connectivity index (χ0v) is 18.3. The van der Waals surface area contributed by atoms with Gasteiger partial charge in [0.25, 0.3) is 0 Å². The third kappa shape index (κ3) is 4.22. The normalized spacial score (nSPS) is 11.5. The summed E-state index contributed by atoms with van der Waals surface area (Å²) in [6.45, 7) is 5.44. The minimum atomic E-state index is -0.654. The molecule has 0 aliphatic heterocycles. The van der Waals surface area contributed by atoms with Crippen LogP contribution in [0.25, 0.3) is 33.3 Å². The average molecular weight is 437 g/mol. The summed E-state index contributed by atoms with van der Waals surface area (Å²) in [5.41, 5.74) is 3.00. The van der Waals surface area contributed by atoms with Crippen LogP contribution in [0.5, 0.6) is 5.75 Å². The molecule has 1 aromatic carbocycles. The van der Waals surface area contributed by atoms with Crippen molar-refractivity contribution in [3.8, 4) is 28.1 Å². The topological polar surface area (TPSA) is 79.1 Å². The zero-order valence-electron chi connectivity index (χ0n) is 17.6. The van der Waals surface area contributed by atoms with Crippen LogP contribution < -0.4 is 4.74 Å². The molecule has 0 spiro atoms. The van der Waals surface area contributed by atoms with Crippen molar-refractivity contribution in [1.82, 2.24) is 19.7 Å². The maximum Gasteiger partial charge on any atom is 0.435 e. The molecule has 0 aliphatic rings. The van der Waals surface area contributed by atoms with E-state index in [0.717, 1.165) is 22.1 Å². The number of carbonyl (C=O) groups excluding carboxylic acids is 1. The smallest absolute Gasteiger partial charge is 0.435 e. The van der Waals surface area contributed by atoms with Crippen LogP contribution in [-0.4, -0.2) is 38.6 Å². The first kappa shape index (κ1) is 20.8. The van der Waals surface area contributed by atoms with Crippen molar-refractivity contribution in [2.45, 2.75) is 26.4 Å². The summed E-state index contributed by atoms with van der Waals surface area (Å²) in [7, 11) is 1.61. The van der Waals surface area contributed by atoms with Gasteiger partial charge in [-0.3, -0.25) is 4.98 Å². The highest BCUT2D eigenvalue weighted by Gasteiger charge is 2.23. The van der Waals surface area contributed by atoms with Gasteiger partial charge in [-0.1, -0.05) is 17.7 Å². The van der Waals surface area contributed by atoms with Crippen LogP contribution in [0.15, 0.2) is 55.0 Å². The Labute approximate surface area is 184 Å². The Balaban J connectivity index is 1.94. The number of nitrogens with zero attached hydrogens (tertiary/aromatic N) is 4. The summed E-state index contributed by atoms with van der Waals surface area (Å²) in [6, 6.07) is 11.0. The van der Waals surface area contributed by atoms with Crippen LogP contribution in [-0.2, 0) is 4.74 Å². The SMILES string of the molecule is COc1ccncc1-c1ccc2c(c1)c(-c1ccnc(Cl)c1)nn2C(=O)OC(C)(C)C. The number of hydrogen-bond acceptors (Lipinski definition) is 6. The molecule has 0 radical (unpaired) electrons. The van der Waals surface area contributed by atoms with Gasteiger partial charge < -0.3 is 9.47 Å². The first-order valence-electron chi connectivity index (χ1n) is 9.63. The minimum absolute atomic E-state index is 0.336. The lowest BCUT2D eigenvalue weighted by molar-refractivity contribution is 0.0523. The molecule has 7 nitrogen and oxygen atoms in total. The van der Waals surface area contributed by atoms with E-state index >= 15 is 0 Å². The molecule has 0 saturated heterocycles. The molecule has 158 valence electrons. The molecule has 3 aromatic heterocycles. The fourth-order valence-corrected chi connectivity index (χ4v) is 3.44. The van der Waals surface area contributed by atoms with Crippen LogP contribution in [0, 0.1) is 0 Å². The lowest BCUT2D eigenvalue weighted by Crippen LogP contribution is -2.27. The fraction of sp³-hybridized carbons (Fsp3) is 0.217. The molecule has 0 aliphatic carbocycles. The Morgan fingerprint density at radius 3 is 2.58 bits per heavy atom. The lowest BCUT2D eigenvalue weighted by atomic mass is 10.0. The second-order valence-electron chi connectivity index (χ2n) is 7.92. The van der Waals surface area contributed by atoms with Crippen LogP contribution in [0.1, 0.15) is 20.8 Å². The Bertz CT molecular complexity index is 1280. The number of aromatic nitrogens is 4. The number of rotatable bonds is 3. The van der Waals surface area contributed by atoms with E-state index in [2.05, 4.69) is 15.1 Å². The number of pyridine rings is 2. The second kappa shape index (κ2) is 8.00. The molecule has 4 rings (SSSR count). The van der Waals surface area contributed by atoms with Gasteiger partial charge in [-0.15, -0.1) is 0 Å². The van der Waals surface area contributed by atoms with Crippen molar-refractivity contribution in [3.63, 3.8) is 0 Å². The molecule has 0 N–H and O–H groups in total. The summed E-state index contributed by atoms with van der Waals surface area (Å²) in [4.78, 5) is 21.1. The highest BCUT2D eigenvalue weighted by atomic mass is 35.5. The average Bonchev–Trinajstić information content (AvgIpc) is 3.11. The van der Waals surface area contributed by atoms with Crippen molar-refractivity contribution >= 4 is 28.6 Å². The Morgan fingerprint density at radius 2 is 1.87 bits per heavy atom. The first-order chi connectivity index (χ1) is 14.8. The number of methoxy groups -OCH3 is 1. The van der Waals surface area contributed by atoms with Crippen molar-refractivity contribution < 1.29 is 14.3 Å². The molecule has 0 unspecified atom stereocenters. The maximum atomic E-state index is 12.9. The molecule has 0 fully saturated rings. The Hall–Kier alpha value is -3.45. The molecule has 0 amide bonds. The van der Waals surface area contributed by atoms with Gasteiger partial charge in [-0.2, -0.15) is 9.78 Å². The molecule has 0 bridgehead atoms. The molecular weight excluding hydrogens is 416 g/mol. The lowest BCUT2D eigenvalue weighted by Gasteiger charge is -2.19. The van der Waals surface area contributed by atoms with Crippen molar-refractivity contribution in [3.05, 3.63) is 60.1 Å². The van der Waals surface area contributed by atoms with Gasteiger partial charge in [0.1, 0.15) is 22.2 Å². The van der Waals surface area contributed by atoms with E-state index in [1.165, 1.54) is 4.68 Å². The van der Waals surface area contributed by atoms with Crippen LogP contribution in [0.2, 0.25) is 5.15 Å². The summed E-state index contributed by atoms with van der Waals surface area (Å²) in [5.74, 6) is 0.697. The molecule has 0 atom stereocenters. The molecular formula is C23H21ClN4O3. The number of hydrogen-bond donors (Lipinski definition) is 0. The van der Waals surface area contributed by atoms with Crippen molar-refractivity contribution in [1.29, 1.82) is 0 Å². The molecule has 4 aromatic rings. The van der Waals surface area contributed by atoms with Gasteiger partial charge in [0.05, 0.1) is 12.6 Å². The van der Waals surface area contributed by atoms with Crippen molar-refractivity contribution in [2.75, 3.05) is 7.11 Å². The van der Waals surface area contributed by atoms with E-state index in [0.29, 0.717) is 22.1 Å². The maximum absolute atomic E-state index is 12.9. The number of carbonyl (C=O) groups is 1. The van der Waals surface area contributed by atoms with Gasteiger partial charge >= 0.3 is 6.09 Å². The van der Waals surface area contributed by atoms with Crippen LogP contribution >= 0.6 is 11.6 Å². The number of benzene rings is 1. The first-order valence-corrected chi connectivity index (χ1v) is 10.0. The van der Waals surface area contributed by atoms with Crippen LogP contribution in [0.3, 0.4) is 0 Å². The standard InChI is InChI=1S/C23H21ClN4O3/c1-23(2,3)31-22(29)28-18-6-5-14(17-13-25-9-8-19(17)30-4)11-16(18)21(27-28)15-7-10-26-20(24)12-15/h5-13H,1-4H3. The van der Waals surface area contributed by atoms with Gasteiger partial charge in [0.15, 0.2) is 0 Å². The predicted molar refractivity (Wildman–Crippen MR) is 119 cm³/mol. The van der Waals surface area contributed by atoms with Gasteiger partial charge in [-0.05, 0) is 56.7 Å². The Kier molecular flexibility index (Phi) is 5.37. The number of ether oxygens (including phenoxy) is 2. The predicted octanol–water partition coefficient (Wildman–Crippen LogP) is 5.61. The van der Waals surface area contributed by atoms with Gasteiger partial charge in [0.2, 0.25) is 0 Å². The Morgan fingerprint density at radius 1 is 1.06 bits per heavy atom. The minimum Gasteiger partial charge on any atom is -0.496 e. The molecule has 8 heteroatoms. The molecule has 31 heavy (non-hydrogen) atoms. The summed E-state index contributed by atoms with van der Waals surface area (Å²) in [5, 5.41) is 5.67. The monoisotopic (exact) mass is 436 g/mol. The van der Waals surface area contributed by atoms with E-state index in [4.69, 9.17) is 21.1 Å². The third-order valence-corrected chi connectivity index (χ3v) is 4.76. The van der Waals surface area contributed by atoms with E-state index < -0.39 is 11.7 Å². The largest absolute Gasteiger partial charge is 0.496 e. The van der Waals surface area contributed by atoms with Gasteiger partial charge in [-0.25, -0.2) is 9.78 Å². The van der Waals surface area contributed by atoms with E-state index in [1.54, 1.807) is 43.9 Å². The summed E-state index contributed by atoms with van der Waals surface area (Å²) in [6.07, 6.45) is 4.45. The summed E-state index contributed by atoms with van der Waals surface area (Å²) < 4.78 is 12.3. The van der Waals surface area contributed by atoms with Gasteiger partial charge in [0, 0.05) is 35.1 Å². The van der Waals surface area contributed by atoms with Crippen LogP contribution in [0.4, 0.5) is 4.79 Å². The molecule has 3 heterocycles. The van der Waals surface area contributed by atoms with E-state index in [1.807, 2.05) is 39.0 Å². The van der Waals surface area contributed by atoms with E-state index in [-0.39, 0.29) is 0 Å². The number of halogens is 1.